The van der Waals surface area contributed by atoms with Crippen LogP contribution in [-0.4, -0.2) is 34.4 Å². The van der Waals surface area contributed by atoms with Gasteiger partial charge >= 0.3 is 0 Å². The number of fused-ring (bicyclic) bond motifs is 2. The maximum atomic E-state index is 12.3. The molecule has 0 saturated heterocycles. The summed E-state index contributed by atoms with van der Waals surface area (Å²) in [6.07, 6.45) is 5.34. The average molecular weight is 341 g/mol. The zero-order valence-electron chi connectivity index (χ0n) is 14.6. The Morgan fingerprint density at radius 1 is 1.44 bits per heavy atom. The highest BCUT2D eigenvalue weighted by molar-refractivity contribution is 5.78. The number of hydrogen-bond donors (Lipinski definition) is 2. The van der Waals surface area contributed by atoms with E-state index in [9.17, 15) is 4.79 Å². The number of aromatic amines is 1. The van der Waals surface area contributed by atoms with Crippen molar-refractivity contribution in [2.24, 2.45) is 0 Å². The molecule has 0 bridgehead atoms. The van der Waals surface area contributed by atoms with Crippen molar-refractivity contribution in [2.45, 2.75) is 51.2 Å². The zero-order valence-corrected chi connectivity index (χ0v) is 14.6. The number of rotatable bonds is 4. The lowest BCUT2D eigenvalue weighted by Crippen LogP contribution is -2.41. The number of H-pyrrole nitrogens is 1. The fourth-order valence-electron chi connectivity index (χ4n) is 3.65. The highest BCUT2D eigenvalue weighted by Crippen LogP contribution is 2.41. The van der Waals surface area contributed by atoms with Gasteiger partial charge in [0.25, 0.3) is 5.91 Å². The second kappa shape index (κ2) is 6.10. The van der Waals surface area contributed by atoms with Gasteiger partial charge in [0.2, 0.25) is 0 Å². The van der Waals surface area contributed by atoms with Gasteiger partial charge < -0.3 is 14.8 Å². The molecule has 1 atom stereocenters. The topological polar surface area (TPSA) is 76.2 Å². The Balaban J connectivity index is 1.34. The number of para-hydroxylation sites is 1. The summed E-state index contributed by atoms with van der Waals surface area (Å²) in [6, 6.07) is 5.98. The van der Waals surface area contributed by atoms with Crippen LogP contribution < -0.4 is 14.8 Å². The third-order valence-corrected chi connectivity index (χ3v) is 4.80. The Hall–Kier alpha value is -2.50. The van der Waals surface area contributed by atoms with E-state index in [1.165, 1.54) is 11.3 Å². The molecule has 1 aliphatic heterocycles. The van der Waals surface area contributed by atoms with E-state index in [1.54, 1.807) is 0 Å². The molecule has 2 aromatic rings. The second-order valence-electron chi connectivity index (χ2n) is 7.45. The maximum Gasteiger partial charge on any atom is 0.258 e. The molecule has 6 nitrogen and oxygen atoms in total. The summed E-state index contributed by atoms with van der Waals surface area (Å²) < 4.78 is 11.7. The Bertz CT molecular complexity index is 797. The van der Waals surface area contributed by atoms with E-state index in [1.807, 2.05) is 24.4 Å². The lowest BCUT2D eigenvalue weighted by molar-refractivity contribution is -0.123. The van der Waals surface area contributed by atoms with E-state index in [0.717, 1.165) is 37.0 Å². The number of aromatic nitrogens is 2. The first kappa shape index (κ1) is 16.0. The monoisotopic (exact) mass is 341 g/mol. The van der Waals surface area contributed by atoms with Gasteiger partial charge in [-0.25, -0.2) is 0 Å². The molecule has 4 rings (SSSR count). The highest BCUT2D eigenvalue weighted by Gasteiger charge is 2.32. The van der Waals surface area contributed by atoms with Crippen molar-refractivity contribution in [1.29, 1.82) is 0 Å². The number of carbonyl (C=O) groups excluding carboxylic acids is 1. The van der Waals surface area contributed by atoms with E-state index in [2.05, 4.69) is 29.4 Å². The molecule has 1 unspecified atom stereocenters. The van der Waals surface area contributed by atoms with Crippen LogP contribution in [0.15, 0.2) is 24.4 Å². The van der Waals surface area contributed by atoms with Gasteiger partial charge in [-0.2, -0.15) is 5.10 Å². The summed E-state index contributed by atoms with van der Waals surface area (Å²) in [6.45, 7) is 4.10. The normalized spacial score (nSPS) is 20.3. The number of benzene rings is 1. The fourth-order valence-corrected chi connectivity index (χ4v) is 3.65. The Kier molecular flexibility index (Phi) is 3.90. The van der Waals surface area contributed by atoms with Crippen molar-refractivity contribution >= 4 is 5.91 Å². The van der Waals surface area contributed by atoms with E-state index < -0.39 is 0 Å². The summed E-state index contributed by atoms with van der Waals surface area (Å²) in [5.74, 6) is 1.30. The van der Waals surface area contributed by atoms with Gasteiger partial charge in [-0.1, -0.05) is 12.1 Å². The van der Waals surface area contributed by atoms with Gasteiger partial charge in [0.1, 0.15) is 5.60 Å². The molecule has 0 saturated carbocycles. The average Bonchev–Trinajstić information content (AvgIpc) is 3.14. The molecular weight excluding hydrogens is 318 g/mol. The van der Waals surface area contributed by atoms with Gasteiger partial charge in [0, 0.05) is 23.7 Å². The van der Waals surface area contributed by atoms with Crippen molar-refractivity contribution in [2.75, 3.05) is 6.61 Å². The number of hydrogen-bond acceptors (Lipinski definition) is 4. The molecule has 0 fully saturated rings. The third kappa shape index (κ3) is 3.34. The summed E-state index contributed by atoms with van der Waals surface area (Å²) in [5.41, 5.74) is 3.27. The van der Waals surface area contributed by atoms with E-state index in [4.69, 9.17) is 9.47 Å². The molecule has 1 aromatic heterocycles. The van der Waals surface area contributed by atoms with Crippen LogP contribution in [-0.2, 0) is 24.1 Å². The first-order valence-corrected chi connectivity index (χ1v) is 8.74. The van der Waals surface area contributed by atoms with Gasteiger partial charge in [0.15, 0.2) is 18.1 Å². The summed E-state index contributed by atoms with van der Waals surface area (Å²) in [5, 5.41) is 10.1. The fraction of sp³-hybridized carbons (Fsp3) is 0.474. The minimum absolute atomic E-state index is 0.00497. The molecule has 6 heteroatoms. The van der Waals surface area contributed by atoms with Crippen molar-refractivity contribution in [1.82, 2.24) is 15.5 Å². The Labute approximate surface area is 146 Å². The number of nitrogens with one attached hydrogen (secondary N) is 2. The molecular formula is C19H23N3O3. The van der Waals surface area contributed by atoms with Gasteiger partial charge in [-0.15, -0.1) is 0 Å². The molecule has 1 aromatic carbocycles. The van der Waals surface area contributed by atoms with Crippen molar-refractivity contribution < 1.29 is 14.3 Å². The number of aryl methyl sites for hydroxylation is 1. The second-order valence-corrected chi connectivity index (χ2v) is 7.45. The summed E-state index contributed by atoms with van der Waals surface area (Å²) >= 11 is 0. The first-order chi connectivity index (χ1) is 12.0. The minimum Gasteiger partial charge on any atom is -0.483 e. The summed E-state index contributed by atoms with van der Waals surface area (Å²) in [7, 11) is 0. The smallest absolute Gasteiger partial charge is 0.258 e. The lowest BCUT2D eigenvalue weighted by atomic mass is 9.93. The van der Waals surface area contributed by atoms with Crippen molar-refractivity contribution in [3.8, 4) is 11.5 Å². The zero-order chi connectivity index (χ0) is 17.4. The van der Waals surface area contributed by atoms with E-state index in [0.29, 0.717) is 5.75 Å². The van der Waals surface area contributed by atoms with Crippen LogP contribution in [0.4, 0.5) is 0 Å². The first-order valence-electron chi connectivity index (χ1n) is 8.74. The molecule has 2 heterocycles. The number of nitrogens with zero attached hydrogens (tertiary/aromatic N) is 1. The number of carbonyl (C=O) groups is 1. The molecule has 132 valence electrons. The molecule has 2 aliphatic rings. The molecule has 1 aliphatic carbocycles. The Morgan fingerprint density at radius 3 is 3.20 bits per heavy atom. The van der Waals surface area contributed by atoms with Crippen LogP contribution in [0.5, 0.6) is 11.5 Å². The van der Waals surface area contributed by atoms with Crippen LogP contribution in [0.3, 0.4) is 0 Å². The SMILES string of the molecule is CC1(C)Cc2cccc(OCC(=O)NC3CCc4[nH]ncc4C3)c2O1. The van der Waals surface area contributed by atoms with E-state index in [-0.39, 0.29) is 24.2 Å². The number of amides is 1. The predicted octanol–water partition coefficient (Wildman–Crippen LogP) is 2.18. The largest absolute Gasteiger partial charge is 0.483 e. The van der Waals surface area contributed by atoms with Gasteiger partial charge in [-0.3, -0.25) is 9.89 Å². The quantitative estimate of drug-likeness (QED) is 0.894. The molecule has 0 radical (unpaired) electrons. The van der Waals surface area contributed by atoms with Gasteiger partial charge in [0.05, 0.1) is 6.20 Å². The molecule has 25 heavy (non-hydrogen) atoms. The van der Waals surface area contributed by atoms with Crippen molar-refractivity contribution in [3.05, 3.63) is 41.2 Å². The van der Waals surface area contributed by atoms with E-state index >= 15 is 0 Å². The molecule has 2 N–H and O–H groups in total. The van der Waals surface area contributed by atoms with Crippen LogP contribution in [0, 0.1) is 0 Å². The summed E-state index contributed by atoms with van der Waals surface area (Å²) in [4.78, 5) is 12.3. The van der Waals surface area contributed by atoms with Crippen LogP contribution in [0.1, 0.15) is 37.1 Å². The highest BCUT2D eigenvalue weighted by atomic mass is 16.5. The van der Waals surface area contributed by atoms with Crippen LogP contribution in [0.25, 0.3) is 0 Å². The van der Waals surface area contributed by atoms with Crippen LogP contribution >= 0.6 is 0 Å². The Morgan fingerprint density at radius 2 is 2.32 bits per heavy atom. The number of ether oxygens (including phenoxy) is 2. The minimum atomic E-state index is -0.228. The third-order valence-electron chi connectivity index (χ3n) is 4.80. The predicted molar refractivity (Wildman–Crippen MR) is 92.9 cm³/mol. The van der Waals surface area contributed by atoms with Crippen LogP contribution in [0.2, 0.25) is 0 Å². The molecule has 0 spiro atoms. The standard InChI is InChI=1S/C19H23N3O3/c1-19(2)9-12-4-3-5-16(18(12)25-19)24-11-17(23)21-14-6-7-15-13(8-14)10-20-22-15/h3-5,10,14H,6-9,11H2,1-2H3,(H,20,22)(H,21,23). The maximum absolute atomic E-state index is 12.3. The lowest BCUT2D eigenvalue weighted by Gasteiger charge is -2.23. The molecule has 1 amide bonds. The van der Waals surface area contributed by atoms with Crippen molar-refractivity contribution in [3.63, 3.8) is 0 Å². The van der Waals surface area contributed by atoms with Gasteiger partial charge in [-0.05, 0) is 44.7 Å².